The molecule has 0 aliphatic carbocycles. The summed E-state index contributed by atoms with van der Waals surface area (Å²) in [5.74, 6) is 0. The van der Waals surface area contributed by atoms with Crippen molar-refractivity contribution in [3.63, 3.8) is 0 Å². The molecule has 2 heteroatoms. The molecule has 0 saturated carbocycles. The monoisotopic (exact) mass is 271 g/mol. The highest BCUT2D eigenvalue weighted by Crippen LogP contribution is 2.24. The van der Waals surface area contributed by atoms with Gasteiger partial charge in [0.05, 0.1) is 0 Å². The van der Waals surface area contributed by atoms with Crippen molar-refractivity contribution >= 4 is 10.9 Å². The van der Waals surface area contributed by atoms with E-state index in [1.54, 1.807) is 6.07 Å². The first-order valence-electron chi connectivity index (χ1n) is 7.23. The molecule has 2 rings (SSSR count). The molecule has 0 unspecified atom stereocenters. The number of nitrogens with one attached hydrogen (secondary N) is 1. The van der Waals surface area contributed by atoms with Crippen molar-refractivity contribution < 1.29 is 0 Å². The second-order valence-corrected chi connectivity index (χ2v) is 7.91. The zero-order valence-electron chi connectivity index (χ0n) is 13.4. The number of H-pyrrole nitrogens is 1. The standard InChI is InChI=1S/C18H25NO/c1-17(2,3)11-12-7-8-13-14(9-12)19-16(10-15(13)20)18(4,5)6/h7-10H,11H2,1-6H3,(H,19,20). The molecule has 108 valence electrons. The first kappa shape index (κ1) is 14.8. The summed E-state index contributed by atoms with van der Waals surface area (Å²) in [6.07, 6.45) is 1.00. The molecule has 0 bridgehead atoms. The van der Waals surface area contributed by atoms with Gasteiger partial charge in [0.1, 0.15) is 0 Å². The largest absolute Gasteiger partial charge is 0.358 e. The molecule has 0 aliphatic heterocycles. The van der Waals surface area contributed by atoms with E-state index >= 15 is 0 Å². The highest BCUT2D eigenvalue weighted by Gasteiger charge is 2.17. The Labute approximate surface area is 121 Å². The maximum Gasteiger partial charge on any atom is 0.189 e. The van der Waals surface area contributed by atoms with Crippen LogP contribution in [-0.2, 0) is 11.8 Å². The summed E-state index contributed by atoms with van der Waals surface area (Å²) < 4.78 is 0. The van der Waals surface area contributed by atoms with Gasteiger partial charge in [-0.05, 0) is 29.5 Å². The fraction of sp³-hybridized carbons (Fsp3) is 0.500. The Morgan fingerprint density at radius 2 is 1.65 bits per heavy atom. The minimum Gasteiger partial charge on any atom is -0.358 e. The molecule has 1 N–H and O–H groups in total. The third-order valence-electron chi connectivity index (χ3n) is 3.44. The van der Waals surface area contributed by atoms with E-state index < -0.39 is 0 Å². The van der Waals surface area contributed by atoms with Crippen molar-refractivity contribution in [2.75, 3.05) is 0 Å². The molecule has 0 radical (unpaired) electrons. The van der Waals surface area contributed by atoms with Gasteiger partial charge in [-0.15, -0.1) is 0 Å². The minimum atomic E-state index is -0.0482. The number of hydrogen-bond acceptors (Lipinski definition) is 1. The van der Waals surface area contributed by atoms with Crippen LogP contribution >= 0.6 is 0 Å². The van der Waals surface area contributed by atoms with Gasteiger partial charge in [-0.3, -0.25) is 4.79 Å². The van der Waals surface area contributed by atoms with E-state index in [4.69, 9.17) is 0 Å². The van der Waals surface area contributed by atoms with E-state index in [1.165, 1.54) is 5.56 Å². The Morgan fingerprint density at radius 1 is 1.00 bits per heavy atom. The summed E-state index contributed by atoms with van der Waals surface area (Å²) in [5, 5.41) is 0.774. The zero-order valence-corrected chi connectivity index (χ0v) is 13.4. The summed E-state index contributed by atoms with van der Waals surface area (Å²) in [6, 6.07) is 7.87. The molecular formula is C18H25NO. The maximum atomic E-state index is 12.2. The molecule has 1 aromatic carbocycles. The van der Waals surface area contributed by atoms with Gasteiger partial charge >= 0.3 is 0 Å². The van der Waals surface area contributed by atoms with E-state index in [0.29, 0.717) is 0 Å². The number of rotatable bonds is 1. The number of benzene rings is 1. The van der Waals surface area contributed by atoms with Crippen LogP contribution in [0, 0.1) is 5.41 Å². The Hall–Kier alpha value is -1.57. The fourth-order valence-corrected chi connectivity index (χ4v) is 2.43. The number of hydrogen-bond donors (Lipinski definition) is 1. The van der Waals surface area contributed by atoms with E-state index in [1.807, 2.05) is 6.07 Å². The van der Waals surface area contributed by atoms with Crippen LogP contribution in [0.25, 0.3) is 10.9 Å². The molecule has 2 aromatic rings. The van der Waals surface area contributed by atoms with E-state index in [2.05, 4.69) is 58.7 Å². The molecule has 0 saturated heterocycles. The SMILES string of the molecule is CC(C)(C)Cc1ccc2c(=O)cc(C(C)(C)C)[nH]c2c1. The Bertz CT molecular complexity index is 681. The predicted molar refractivity (Wildman–Crippen MR) is 86.4 cm³/mol. The molecule has 0 fully saturated rings. The maximum absolute atomic E-state index is 12.2. The molecule has 0 aliphatic rings. The highest BCUT2D eigenvalue weighted by atomic mass is 16.1. The second-order valence-electron chi connectivity index (χ2n) is 7.91. The van der Waals surface area contributed by atoms with Crippen molar-refractivity contribution in [3.8, 4) is 0 Å². The number of pyridine rings is 1. The lowest BCUT2D eigenvalue weighted by Crippen LogP contribution is -2.17. The van der Waals surface area contributed by atoms with Crippen LogP contribution in [0.1, 0.15) is 52.8 Å². The van der Waals surface area contributed by atoms with Crippen LogP contribution in [0.2, 0.25) is 0 Å². The number of fused-ring (bicyclic) bond motifs is 1. The van der Waals surface area contributed by atoms with Gasteiger partial charge in [-0.1, -0.05) is 47.6 Å². The summed E-state index contributed by atoms with van der Waals surface area (Å²) >= 11 is 0. The summed E-state index contributed by atoms with van der Waals surface area (Å²) in [6.45, 7) is 13.0. The van der Waals surface area contributed by atoms with Crippen LogP contribution in [0.3, 0.4) is 0 Å². The minimum absolute atomic E-state index is 0.0482. The van der Waals surface area contributed by atoms with Gasteiger partial charge in [0.15, 0.2) is 5.43 Å². The molecule has 0 amide bonds. The fourth-order valence-electron chi connectivity index (χ4n) is 2.43. The summed E-state index contributed by atoms with van der Waals surface area (Å²) in [7, 11) is 0. The lowest BCUT2D eigenvalue weighted by Gasteiger charge is -2.20. The first-order chi connectivity index (χ1) is 9.06. The van der Waals surface area contributed by atoms with Gasteiger partial charge in [0.25, 0.3) is 0 Å². The lowest BCUT2D eigenvalue weighted by molar-refractivity contribution is 0.411. The quantitative estimate of drug-likeness (QED) is 0.818. The van der Waals surface area contributed by atoms with Gasteiger partial charge in [-0.2, -0.15) is 0 Å². The molecule has 20 heavy (non-hydrogen) atoms. The Kier molecular flexibility index (Phi) is 3.53. The van der Waals surface area contributed by atoms with Crippen molar-refractivity contribution in [2.24, 2.45) is 5.41 Å². The van der Waals surface area contributed by atoms with Gasteiger partial charge in [0, 0.05) is 28.1 Å². The first-order valence-corrected chi connectivity index (χ1v) is 7.23. The van der Waals surface area contributed by atoms with Crippen LogP contribution in [0.15, 0.2) is 29.1 Å². The van der Waals surface area contributed by atoms with Crippen LogP contribution in [0.5, 0.6) is 0 Å². The van der Waals surface area contributed by atoms with Gasteiger partial charge < -0.3 is 4.98 Å². The molecule has 0 atom stereocenters. The normalized spacial score (nSPS) is 12.9. The Balaban J connectivity index is 2.58. The van der Waals surface area contributed by atoms with Gasteiger partial charge in [-0.25, -0.2) is 0 Å². The predicted octanol–water partition coefficient (Wildman–Crippen LogP) is 4.41. The van der Waals surface area contributed by atoms with Crippen LogP contribution in [-0.4, -0.2) is 4.98 Å². The van der Waals surface area contributed by atoms with Crippen LogP contribution in [0.4, 0.5) is 0 Å². The third kappa shape index (κ3) is 3.30. The van der Waals surface area contributed by atoms with E-state index in [-0.39, 0.29) is 16.3 Å². The topological polar surface area (TPSA) is 32.9 Å². The number of aromatic amines is 1. The smallest absolute Gasteiger partial charge is 0.189 e. The molecule has 0 spiro atoms. The van der Waals surface area contributed by atoms with E-state index in [0.717, 1.165) is 23.0 Å². The Morgan fingerprint density at radius 3 is 2.20 bits per heavy atom. The molecular weight excluding hydrogens is 246 g/mol. The van der Waals surface area contributed by atoms with Crippen molar-refractivity contribution in [1.82, 2.24) is 4.98 Å². The van der Waals surface area contributed by atoms with Crippen molar-refractivity contribution in [1.29, 1.82) is 0 Å². The molecule has 1 heterocycles. The second kappa shape index (κ2) is 4.76. The van der Waals surface area contributed by atoms with Crippen molar-refractivity contribution in [3.05, 3.63) is 45.7 Å². The molecule has 2 nitrogen and oxygen atoms in total. The third-order valence-corrected chi connectivity index (χ3v) is 3.44. The summed E-state index contributed by atoms with van der Waals surface area (Å²) in [4.78, 5) is 15.7. The van der Waals surface area contributed by atoms with Gasteiger partial charge in [0.2, 0.25) is 0 Å². The number of aromatic nitrogens is 1. The molecule has 1 aromatic heterocycles. The average Bonchev–Trinajstić information content (AvgIpc) is 2.24. The van der Waals surface area contributed by atoms with Crippen LogP contribution < -0.4 is 5.43 Å². The summed E-state index contributed by atoms with van der Waals surface area (Å²) in [5.41, 5.74) is 3.51. The van der Waals surface area contributed by atoms with Crippen molar-refractivity contribution in [2.45, 2.75) is 53.4 Å². The lowest BCUT2D eigenvalue weighted by atomic mass is 9.87. The highest BCUT2D eigenvalue weighted by molar-refractivity contribution is 5.79. The zero-order chi connectivity index (χ0) is 15.1. The average molecular weight is 271 g/mol. The van der Waals surface area contributed by atoms with E-state index in [9.17, 15) is 4.79 Å².